The molecule has 0 unspecified atom stereocenters. The first kappa shape index (κ1) is 24.5. The van der Waals surface area contributed by atoms with Crippen LogP contribution in [-0.4, -0.2) is 80.2 Å². The van der Waals surface area contributed by atoms with E-state index >= 15 is 0 Å². The molecule has 0 radical (unpaired) electrons. The largest absolute Gasteiger partial charge is 0.379 e. The zero-order chi connectivity index (χ0) is 24.6. The van der Waals surface area contributed by atoms with Crippen molar-refractivity contribution in [1.29, 1.82) is 0 Å². The number of amides is 2. The molecule has 1 saturated heterocycles. The number of allylic oxidation sites excluding steroid dienone is 1. The summed E-state index contributed by atoms with van der Waals surface area (Å²) in [4.78, 5) is 46.4. The van der Waals surface area contributed by atoms with E-state index in [1.807, 2.05) is 54.6 Å². The summed E-state index contributed by atoms with van der Waals surface area (Å²) >= 11 is 0. The number of benzodiazepines with no additional fused rings is 1. The van der Waals surface area contributed by atoms with E-state index in [-0.39, 0.29) is 30.7 Å². The molecule has 8 heteroatoms. The topological polar surface area (TPSA) is 91.3 Å². The standard InChI is InChI=1S/C27H30N4O4/c1-20(32)8-7-13-28-25(33)19-31-24-12-6-5-11-22(24)26(21-9-3-2-4-10-21)29-23(27(31)34)18-30-14-16-35-17-15-30/h2-12,23H,13-19H2,1H3,(H,28,33)/b8-7+/t23-/m1/s1. The summed E-state index contributed by atoms with van der Waals surface area (Å²) in [5.41, 5.74) is 3.11. The molecule has 0 bridgehead atoms. The summed E-state index contributed by atoms with van der Waals surface area (Å²) in [6.07, 6.45) is 3.00. The number of fused-ring (bicyclic) bond motifs is 1. The van der Waals surface area contributed by atoms with Gasteiger partial charge >= 0.3 is 0 Å². The number of ether oxygens (including phenoxy) is 1. The zero-order valence-electron chi connectivity index (χ0n) is 19.9. The highest BCUT2D eigenvalue weighted by Crippen LogP contribution is 2.28. The highest BCUT2D eigenvalue weighted by Gasteiger charge is 2.34. The molecule has 2 aromatic rings. The Morgan fingerprint density at radius 3 is 2.54 bits per heavy atom. The molecule has 0 saturated carbocycles. The van der Waals surface area contributed by atoms with Gasteiger partial charge in [0.1, 0.15) is 12.6 Å². The van der Waals surface area contributed by atoms with Crippen molar-refractivity contribution in [2.45, 2.75) is 13.0 Å². The molecule has 2 aromatic carbocycles. The maximum Gasteiger partial charge on any atom is 0.253 e. The maximum atomic E-state index is 13.8. The van der Waals surface area contributed by atoms with Crippen molar-refractivity contribution in [2.75, 3.05) is 50.8 Å². The lowest BCUT2D eigenvalue weighted by Gasteiger charge is -2.30. The minimum absolute atomic E-state index is 0.0904. The van der Waals surface area contributed by atoms with Crippen molar-refractivity contribution in [3.8, 4) is 0 Å². The lowest BCUT2D eigenvalue weighted by atomic mass is 10.0. The number of rotatable bonds is 8. The molecule has 4 rings (SSSR count). The van der Waals surface area contributed by atoms with Gasteiger partial charge in [-0.25, -0.2) is 0 Å². The summed E-state index contributed by atoms with van der Waals surface area (Å²) < 4.78 is 5.46. The normalized spacial score (nSPS) is 18.7. The van der Waals surface area contributed by atoms with Gasteiger partial charge in [-0.1, -0.05) is 54.6 Å². The molecule has 2 aliphatic heterocycles. The van der Waals surface area contributed by atoms with Crippen molar-refractivity contribution in [2.24, 2.45) is 4.99 Å². The van der Waals surface area contributed by atoms with Crippen LogP contribution in [0.1, 0.15) is 18.1 Å². The summed E-state index contributed by atoms with van der Waals surface area (Å²) in [7, 11) is 0. The Morgan fingerprint density at radius 1 is 1.09 bits per heavy atom. The van der Waals surface area contributed by atoms with Crippen LogP contribution in [0.3, 0.4) is 0 Å². The predicted octanol–water partition coefficient (Wildman–Crippen LogP) is 1.83. The fourth-order valence-corrected chi connectivity index (χ4v) is 4.22. The van der Waals surface area contributed by atoms with E-state index in [0.717, 1.165) is 29.9 Å². The number of nitrogens with one attached hydrogen (secondary N) is 1. The Bertz CT molecular complexity index is 1120. The van der Waals surface area contributed by atoms with E-state index in [4.69, 9.17) is 9.73 Å². The third kappa shape index (κ3) is 6.29. The number of hydrogen-bond acceptors (Lipinski definition) is 6. The Balaban J connectivity index is 1.67. The third-order valence-electron chi connectivity index (χ3n) is 5.94. The number of hydrogen-bond donors (Lipinski definition) is 1. The monoisotopic (exact) mass is 474 g/mol. The SMILES string of the molecule is CC(=O)/C=C/CNC(=O)CN1C(=O)[C@@H](CN2CCOCC2)N=C(c2ccccc2)c2ccccc21. The van der Waals surface area contributed by atoms with E-state index in [2.05, 4.69) is 10.2 Å². The number of anilines is 1. The second-order valence-electron chi connectivity index (χ2n) is 8.53. The summed E-state index contributed by atoms with van der Waals surface area (Å²) in [6.45, 7) is 4.68. The number of carbonyl (C=O) groups excluding carboxylic acids is 3. The zero-order valence-corrected chi connectivity index (χ0v) is 19.9. The van der Waals surface area contributed by atoms with Crippen molar-refractivity contribution >= 4 is 29.0 Å². The molecular weight excluding hydrogens is 444 g/mol. The molecule has 1 N–H and O–H groups in total. The van der Waals surface area contributed by atoms with Gasteiger partial charge in [-0.2, -0.15) is 0 Å². The van der Waals surface area contributed by atoms with Crippen LogP contribution >= 0.6 is 0 Å². The van der Waals surface area contributed by atoms with Gasteiger partial charge in [0.05, 0.1) is 24.6 Å². The molecule has 0 spiro atoms. The molecule has 0 aliphatic carbocycles. The van der Waals surface area contributed by atoms with Crippen LogP contribution in [-0.2, 0) is 19.1 Å². The fourth-order valence-electron chi connectivity index (χ4n) is 4.22. The van der Waals surface area contributed by atoms with Gasteiger partial charge in [-0.3, -0.25) is 24.3 Å². The fraction of sp³-hybridized carbons (Fsp3) is 0.333. The minimum Gasteiger partial charge on any atom is -0.379 e. The van der Waals surface area contributed by atoms with Crippen molar-refractivity contribution in [1.82, 2.24) is 10.2 Å². The summed E-state index contributed by atoms with van der Waals surface area (Å²) in [6, 6.07) is 16.7. The van der Waals surface area contributed by atoms with Crippen LogP contribution in [0.5, 0.6) is 0 Å². The van der Waals surface area contributed by atoms with Gasteiger partial charge in [0.2, 0.25) is 5.91 Å². The van der Waals surface area contributed by atoms with E-state index in [1.165, 1.54) is 17.9 Å². The van der Waals surface area contributed by atoms with Crippen LogP contribution in [0.2, 0.25) is 0 Å². The second-order valence-corrected chi connectivity index (χ2v) is 8.53. The van der Waals surface area contributed by atoms with E-state index in [9.17, 15) is 14.4 Å². The van der Waals surface area contributed by atoms with Gasteiger partial charge in [-0.15, -0.1) is 0 Å². The lowest BCUT2D eigenvalue weighted by molar-refractivity contribution is -0.124. The minimum atomic E-state index is -0.666. The first-order valence-electron chi connectivity index (χ1n) is 11.8. The predicted molar refractivity (Wildman–Crippen MR) is 135 cm³/mol. The number of ketones is 1. The first-order valence-corrected chi connectivity index (χ1v) is 11.8. The number of carbonyl (C=O) groups is 3. The number of benzene rings is 2. The van der Waals surface area contributed by atoms with Crippen molar-refractivity contribution in [3.05, 3.63) is 77.9 Å². The average molecular weight is 475 g/mol. The second kappa shape index (κ2) is 11.7. The quantitative estimate of drug-likeness (QED) is 0.590. The molecule has 2 heterocycles. The summed E-state index contributed by atoms with van der Waals surface area (Å²) in [5, 5.41) is 2.76. The Morgan fingerprint density at radius 2 is 1.80 bits per heavy atom. The van der Waals surface area contributed by atoms with Crippen molar-refractivity contribution in [3.63, 3.8) is 0 Å². The lowest BCUT2D eigenvalue weighted by Crippen LogP contribution is -2.49. The molecular formula is C27H30N4O4. The maximum absolute atomic E-state index is 13.8. The van der Waals surface area contributed by atoms with Gasteiger partial charge < -0.3 is 15.0 Å². The van der Waals surface area contributed by atoms with Gasteiger partial charge in [0.25, 0.3) is 5.91 Å². The molecule has 8 nitrogen and oxygen atoms in total. The molecule has 1 atom stereocenters. The highest BCUT2D eigenvalue weighted by molar-refractivity contribution is 6.20. The average Bonchev–Trinajstić information content (AvgIpc) is 2.98. The number of nitrogens with zero attached hydrogens (tertiary/aromatic N) is 3. The highest BCUT2D eigenvalue weighted by atomic mass is 16.5. The van der Waals surface area contributed by atoms with Crippen LogP contribution in [0.15, 0.2) is 71.7 Å². The van der Waals surface area contributed by atoms with E-state index in [0.29, 0.717) is 25.4 Å². The molecule has 2 aliphatic rings. The van der Waals surface area contributed by atoms with Crippen molar-refractivity contribution < 1.29 is 19.1 Å². The molecule has 0 aromatic heterocycles. The Labute approximate surface area is 205 Å². The first-order chi connectivity index (χ1) is 17.0. The third-order valence-corrected chi connectivity index (χ3v) is 5.94. The Kier molecular flexibility index (Phi) is 8.18. The van der Waals surface area contributed by atoms with E-state index in [1.54, 1.807) is 6.08 Å². The number of aliphatic imine (C=N–C) groups is 1. The molecule has 35 heavy (non-hydrogen) atoms. The van der Waals surface area contributed by atoms with Crippen LogP contribution in [0.25, 0.3) is 0 Å². The number of para-hydroxylation sites is 1. The van der Waals surface area contributed by atoms with Crippen LogP contribution in [0.4, 0.5) is 5.69 Å². The molecule has 182 valence electrons. The summed E-state index contributed by atoms with van der Waals surface area (Å²) in [5.74, 6) is -0.619. The Hall–Kier alpha value is -3.62. The molecule has 2 amide bonds. The molecule has 1 fully saturated rings. The van der Waals surface area contributed by atoms with Gasteiger partial charge in [0.15, 0.2) is 5.78 Å². The van der Waals surface area contributed by atoms with Gasteiger partial charge in [-0.05, 0) is 19.1 Å². The van der Waals surface area contributed by atoms with Crippen LogP contribution < -0.4 is 10.2 Å². The van der Waals surface area contributed by atoms with Crippen LogP contribution in [0, 0.1) is 0 Å². The van der Waals surface area contributed by atoms with E-state index < -0.39 is 6.04 Å². The smallest absolute Gasteiger partial charge is 0.253 e. The number of morpholine rings is 1. The van der Waals surface area contributed by atoms with Gasteiger partial charge in [0, 0.05) is 37.3 Å².